The summed E-state index contributed by atoms with van der Waals surface area (Å²) in [7, 11) is 1.60. The van der Waals surface area contributed by atoms with Gasteiger partial charge in [-0.15, -0.1) is 32.9 Å². The molecule has 140 valence electrons. The molecular weight excluding hydrogens is 410 g/mol. The lowest BCUT2D eigenvalue weighted by Crippen LogP contribution is -2.04. The number of thioether (sulfide) groups is 1. The lowest BCUT2D eigenvalue weighted by molar-refractivity contribution is 0.102. The zero-order valence-corrected chi connectivity index (χ0v) is 17.3. The number of ketones is 1. The third kappa shape index (κ3) is 4.14. The lowest BCUT2D eigenvalue weighted by atomic mass is 10.1. The number of thiophene rings is 2. The van der Waals surface area contributed by atoms with Gasteiger partial charge in [-0.25, -0.2) is 4.98 Å². The van der Waals surface area contributed by atoms with Crippen molar-refractivity contribution in [2.75, 3.05) is 12.9 Å². The fourth-order valence-corrected chi connectivity index (χ4v) is 4.63. The first-order valence-corrected chi connectivity index (χ1v) is 11.1. The van der Waals surface area contributed by atoms with Crippen molar-refractivity contribution < 1.29 is 9.53 Å². The normalized spacial score (nSPS) is 10.8. The van der Waals surface area contributed by atoms with Gasteiger partial charge in [0.1, 0.15) is 17.1 Å². The molecule has 5 nitrogen and oxygen atoms in total. The lowest BCUT2D eigenvalue weighted by Gasteiger charge is -2.06. The van der Waals surface area contributed by atoms with Crippen molar-refractivity contribution >= 4 is 40.2 Å². The molecule has 0 N–H and O–H groups in total. The number of ether oxygens (including phenoxy) is 1. The first-order chi connectivity index (χ1) is 13.7. The van der Waals surface area contributed by atoms with Gasteiger partial charge in [-0.2, -0.15) is 0 Å². The van der Waals surface area contributed by atoms with Crippen molar-refractivity contribution in [1.29, 1.82) is 0 Å². The van der Waals surface area contributed by atoms with Crippen LogP contribution in [0.3, 0.4) is 0 Å². The van der Waals surface area contributed by atoms with Crippen molar-refractivity contribution in [2.24, 2.45) is 0 Å². The highest BCUT2D eigenvalue weighted by Crippen LogP contribution is 2.34. The van der Waals surface area contributed by atoms with Gasteiger partial charge in [0, 0.05) is 5.56 Å². The summed E-state index contributed by atoms with van der Waals surface area (Å²) in [5.41, 5.74) is 2.20. The van der Waals surface area contributed by atoms with Crippen molar-refractivity contribution in [3.8, 4) is 26.9 Å². The van der Waals surface area contributed by atoms with E-state index in [-0.39, 0.29) is 11.5 Å². The molecule has 8 heteroatoms. The third-order valence-corrected chi connectivity index (χ3v) is 6.51. The SMILES string of the molecule is COc1ccc(C(=O)CSc2nnc(-c3cccs3)c(-c3cccs3)n2)cc1. The van der Waals surface area contributed by atoms with Crippen LogP contribution in [0.2, 0.25) is 0 Å². The Labute approximate surface area is 174 Å². The molecule has 0 bridgehead atoms. The highest BCUT2D eigenvalue weighted by molar-refractivity contribution is 7.99. The van der Waals surface area contributed by atoms with Gasteiger partial charge in [0.2, 0.25) is 5.16 Å². The number of hydrogen-bond donors (Lipinski definition) is 0. The first kappa shape index (κ1) is 18.8. The Morgan fingerprint density at radius 2 is 1.64 bits per heavy atom. The Morgan fingerprint density at radius 1 is 0.964 bits per heavy atom. The zero-order valence-electron chi connectivity index (χ0n) is 14.9. The average molecular weight is 426 g/mol. The van der Waals surface area contributed by atoms with E-state index in [9.17, 15) is 4.79 Å². The smallest absolute Gasteiger partial charge is 0.210 e. The van der Waals surface area contributed by atoms with E-state index in [0.717, 1.165) is 26.9 Å². The van der Waals surface area contributed by atoms with Crippen LogP contribution in [0, 0.1) is 0 Å². The van der Waals surface area contributed by atoms with Gasteiger partial charge < -0.3 is 4.74 Å². The van der Waals surface area contributed by atoms with Gasteiger partial charge in [0.05, 0.1) is 22.6 Å². The number of rotatable bonds is 7. The van der Waals surface area contributed by atoms with Crippen LogP contribution >= 0.6 is 34.4 Å². The second-order valence-electron chi connectivity index (χ2n) is 5.69. The molecule has 4 aromatic rings. The minimum atomic E-state index is 0.0104. The van der Waals surface area contributed by atoms with Gasteiger partial charge in [0.15, 0.2) is 5.78 Å². The molecule has 3 heterocycles. The van der Waals surface area contributed by atoms with Gasteiger partial charge >= 0.3 is 0 Å². The zero-order chi connectivity index (χ0) is 19.3. The molecule has 0 aliphatic carbocycles. The summed E-state index contributed by atoms with van der Waals surface area (Å²) in [5.74, 6) is 0.980. The van der Waals surface area contributed by atoms with Crippen molar-refractivity contribution in [3.05, 3.63) is 64.9 Å². The second kappa shape index (κ2) is 8.64. The summed E-state index contributed by atoms with van der Waals surface area (Å²) < 4.78 is 5.13. The van der Waals surface area contributed by atoms with E-state index in [1.807, 2.05) is 35.0 Å². The maximum atomic E-state index is 12.5. The van der Waals surface area contributed by atoms with Crippen LogP contribution in [-0.2, 0) is 0 Å². The van der Waals surface area contributed by atoms with Crippen LogP contribution in [-0.4, -0.2) is 33.8 Å². The van der Waals surface area contributed by atoms with E-state index < -0.39 is 0 Å². The van der Waals surface area contributed by atoms with Crippen LogP contribution in [0.4, 0.5) is 0 Å². The quantitative estimate of drug-likeness (QED) is 0.295. The molecule has 0 radical (unpaired) electrons. The molecule has 0 aliphatic rings. The maximum absolute atomic E-state index is 12.5. The molecule has 0 fully saturated rings. The molecule has 4 rings (SSSR count). The van der Waals surface area contributed by atoms with Crippen LogP contribution in [0.25, 0.3) is 21.1 Å². The molecular formula is C20H15N3O2S3. The number of hydrogen-bond acceptors (Lipinski definition) is 8. The Balaban J connectivity index is 1.55. The standard InChI is InChI=1S/C20H15N3O2S3/c1-25-14-8-6-13(7-9-14)15(24)12-28-20-21-18(16-4-2-10-26-16)19(22-23-20)17-5-3-11-27-17/h2-11H,12H2,1H3. The number of carbonyl (C=O) groups excluding carboxylic acids is 1. The Kier molecular flexibility index (Phi) is 5.80. The summed E-state index contributed by atoms with van der Waals surface area (Å²) in [5, 5.41) is 13.2. The third-order valence-electron chi connectivity index (χ3n) is 3.92. The molecule has 1 aromatic carbocycles. The molecule has 0 spiro atoms. The van der Waals surface area contributed by atoms with Crippen LogP contribution in [0.5, 0.6) is 5.75 Å². The van der Waals surface area contributed by atoms with Crippen LogP contribution in [0.15, 0.2) is 64.4 Å². The summed E-state index contributed by atoms with van der Waals surface area (Å²) >= 11 is 4.50. The van der Waals surface area contributed by atoms with E-state index in [2.05, 4.69) is 10.2 Å². The number of carbonyl (C=O) groups is 1. The van der Waals surface area contributed by atoms with Gasteiger partial charge in [-0.1, -0.05) is 23.9 Å². The monoisotopic (exact) mass is 425 g/mol. The largest absolute Gasteiger partial charge is 0.497 e. The Hall–Kier alpha value is -2.55. The molecule has 3 aromatic heterocycles. The van der Waals surface area contributed by atoms with Crippen molar-refractivity contribution in [3.63, 3.8) is 0 Å². The fourth-order valence-electron chi connectivity index (χ4n) is 2.53. The molecule has 28 heavy (non-hydrogen) atoms. The van der Waals surface area contributed by atoms with Crippen molar-refractivity contribution in [2.45, 2.75) is 5.16 Å². The predicted octanol–water partition coefficient (Wildman–Crippen LogP) is 5.31. The van der Waals surface area contributed by atoms with E-state index in [0.29, 0.717) is 10.7 Å². The topological polar surface area (TPSA) is 65.0 Å². The van der Waals surface area contributed by atoms with E-state index >= 15 is 0 Å². The molecule has 0 saturated carbocycles. The number of aromatic nitrogens is 3. The molecule has 0 aliphatic heterocycles. The number of Topliss-reactive ketones (excluding diaryl/α,β-unsaturated/α-hetero) is 1. The molecule has 0 saturated heterocycles. The molecule has 0 amide bonds. The maximum Gasteiger partial charge on any atom is 0.210 e. The number of benzene rings is 1. The average Bonchev–Trinajstić information content (AvgIpc) is 3.46. The molecule has 0 unspecified atom stereocenters. The highest BCUT2D eigenvalue weighted by atomic mass is 32.2. The Morgan fingerprint density at radius 3 is 2.25 bits per heavy atom. The number of nitrogens with zero attached hydrogens (tertiary/aromatic N) is 3. The Bertz CT molecular complexity index is 1060. The van der Waals surface area contributed by atoms with Gasteiger partial charge in [-0.05, 0) is 47.2 Å². The van der Waals surface area contributed by atoms with Gasteiger partial charge in [-0.3, -0.25) is 4.79 Å². The summed E-state index contributed by atoms with van der Waals surface area (Å²) in [6.45, 7) is 0. The van der Waals surface area contributed by atoms with E-state index in [1.165, 1.54) is 11.8 Å². The highest BCUT2D eigenvalue weighted by Gasteiger charge is 2.16. The minimum absolute atomic E-state index is 0.0104. The van der Waals surface area contributed by atoms with Crippen molar-refractivity contribution in [1.82, 2.24) is 15.2 Å². The minimum Gasteiger partial charge on any atom is -0.497 e. The molecule has 0 atom stereocenters. The number of methoxy groups -OCH3 is 1. The predicted molar refractivity (Wildman–Crippen MR) is 115 cm³/mol. The summed E-state index contributed by atoms with van der Waals surface area (Å²) in [6, 6.07) is 15.1. The van der Waals surface area contributed by atoms with Crippen LogP contribution < -0.4 is 4.74 Å². The summed E-state index contributed by atoms with van der Waals surface area (Å²) in [4.78, 5) is 19.2. The van der Waals surface area contributed by atoms with E-state index in [4.69, 9.17) is 9.72 Å². The second-order valence-corrected chi connectivity index (χ2v) is 8.52. The van der Waals surface area contributed by atoms with Crippen LogP contribution in [0.1, 0.15) is 10.4 Å². The first-order valence-electron chi connectivity index (χ1n) is 8.37. The fraction of sp³-hybridized carbons (Fsp3) is 0.100. The summed E-state index contributed by atoms with van der Waals surface area (Å²) in [6.07, 6.45) is 0. The van der Waals surface area contributed by atoms with Gasteiger partial charge in [0.25, 0.3) is 0 Å². The van der Waals surface area contributed by atoms with E-state index in [1.54, 1.807) is 54.0 Å².